The summed E-state index contributed by atoms with van der Waals surface area (Å²) in [4.78, 5) is 9.56. The van der Waals surface area contributed by atoms with Gasteiger partial charge in [0.05, 0.1) is 4.92 Å². The first-order valence-electron chi connectivity index (χ1n) is 2.74. The molecule has 1 N–H and O–H groups in total. The van der Waals surface area contributed by atoms with E-state index in [-0.39, 0.29) is 16.5 Å². The van der Waals surface area contributed by atoms with Crippen molar-refractivity contribution in [2.24, 2.45) is 0 Å². The van der Waals surface area contributed by atoms with Gasteiger partial charge >= 0.3 is 0 Å². The first-order valence-corrected chi connectivity index (χ1v) is 3.12. The van der Waals surface area contributed by atoms with Gasteiger partial charge in [-0.25, -0.2) is 0 Å². The molecular formula is C6H4ClNO3. The molecule has 0 amide bonds. The minimum absolute atomic E-state index is 0.0602. The van der Waals surface area contributed by atoms with E-state index in [1.807, 2.05) is 0 Å². The maximum Gasteiger partial charge on any atom is 0.288 e. The van der Waals surface area contributed by atoms with Gasteiger partial charge in [-0.2, -0.15) is 0 Å². The highest BCUT2D eigenvalue weighted by Gasteiger charge is 2.10. The van der Waals surface area contributed by atoms with Crippen LogP contribution in [0.5, 0.6) is 5.75 Å². The third kappa shape index (κ3) is 1.59. The number of hydrogen-bond acceptors (Lipinski definition) is 3. The fourth-order valence-corrected chi connectivity index (χ4v) is 0.888. The van der Waals surface area contributed by atoms with Gasteiger partial charge in [0.2, 0.25) is 0 Å². The lowest BCUT2D eigenvalue weighted by atomic mass is 10.3. The van der Waals surface area contributed by atoms with E-state index in [2.05, 4.69) is 0 Å². The molecule has 0 radical (unpaired) electrons. The van der Waals surface area contributed by atoms with Crippen molar-refractivity contribution in [3.8, 4) is 5.75 Å². The molecule has 1 rings (SSSR count). The Hall–Kier alpha value is -1.29. The normalized spacial score (nSPS) is 9.55. The van der Waals surface area contributed by atoms with Crippen molar-refractivity contribution in [3.63, 3.8) is 0 Å². The summed E-state index contributed by atoms with van der Waals surface area (Å²) in [5.41, 5.74) is -0.204. The number of aromatic hydroxyl groups is 1. The van der Waals surface area contributed by atoms with Gasteiger partial charge in [-0.3, -0.25) is 10.1 Å². The van der Waals surface area contributed by atoms with Gasteiger partial charge in [0.25, 0.3) is 5.69 Å². The van der Waals surface area contributed by atoms with E-state index < -0.39 is 4.92 Å². The monoisotopic (exact) mass is 173 g/mol. The van der Waals surface area contributed by atoms with E-state index in [1.165, 1.54) is 6.07 Å². The van der Waals surface area contributed by atoms with Crippen LogP contribution in [0, 0.1) is 10.1 Å². The quantitative estimate of drug-likeness (QED) is 0.522. The lowest BCUT2D eigenvalue weighted by molar-refractivity contribution is -0.384. The molecule has 0 aliphatic rings. The van der Waals surface area contributed by atoms with Crippen LogP contribution in [0.25, 0.3) is 0 Å². The Morgan fingerprint density at radius 2 is 2.18 bits per heavy atom. The molecule has 5 heteroatoms. The highest BCUT2D eigenvalue weighted by atomic mass is 35.5. The first kappa shape index (κ1) is 7.81. The number of phenolic OH excluding ortho intramolecular Hbond substituents is 1. The molecule has 1 aromatic carbocycles. The number of nitro benzene ring substituents is 1. The standard InChI is InChI=1S/C6H4ClNO3/c7-5-3-4(9)1-2-6(5)8(10)11/h1-3,9H. The highest BCUT2D eigenvalue weighted by Crippen LogP contribution is 2.27. The van der Waals surface area contributed by atoms with E-state index in [4.69, 9.17) is 16.7 Å². The largest absolute Gasteiger partial charge is 0.508 e. The van der Waals surface area contributed by atoms with Gasteiger partial charge in [0.15, 0.2) is 0 Å². The molecule has 0 spiro atoms. The van der Waals surface area contributed by atoms with Crippen molar-refractivity contribution in [2.45, 2.75) is 0 Å². The smallest absolute Gasteiger partial charge is 0.288 e. The zero-order valence-corrected chi connectivity index (χ0v) is 6.08. The maximum absolute atomic E-state index is 10.2. The van der Waals surface area contributed by atoms with Gasteiger partial charge in [-0.15, -0.1) is 0 Å². The average Bonchev–Trinajstić information content (AvgIpc) is 1.85. The Kier molecular flexibility index (Phi) is 1.96. The van der Waals surface area contributed by atoms with Crippen molar-refractivity contribution in [1.82, 2.24) is 0 Å². The number of phenols is 1. The van der Waals surface area contributed by atoms with Crippen LogP contribution >= 0.6 is 11.6 Å². The Morgan fingerprint density at radius 1 is 1.55 bits per heavy atom. The molecule has 4 nitrogen and oxygen atoms in total. The number of halogens is 1. The third-order valence-electron chi connectivity index (χ3n) is 1.13. The van der Waals surface area contributed by atoms with E-state index in [9.17, 15) is 10.1 Å². The molecule has 0 aliphatic heterocycles. The topological polar surface area (TPSA) is 63.4 Å². The van der Waals surface area contributed by atoms with Gasteiger partial charge in [-0.1, -0.05) is 11.6 Å². The van der Waals surface area contributed by atoms with Crippen LogP contribution in [0.2, 0.25) is 5.02 Å². The molecule has 0 aromatic heterocycles. The predicted octanol–water partition coefficient (Wildman–Crippen LogP) is 1.95. The van der Waals surface area contributed by atoms with E-state index in [1.54, 1.807) is 0 Å². The van der Waals surface area contributed by atoms with Gasteiger partial charge in [-0.05, 0) is 6.07 Å². The van der Waals surface area contributed by atoms with Gasteiger partial charge in [0, 0.05) is 12.1 Å². The maximum atomic E-state index is 10.2. The minimum atomic E-state index is -0.609. The van der Waals surface area contributed by atoms with Gasteiger partial charge < -0.3 is 5.11 Å². The number of benzene rings is 1. The molecule has 58 valence electrons. The summed E-state index contributed by atoms with van der Waals surface area (Å²) in [5.74, 6) is -0.0828. The van der Waals surface area contributed by atoms with Crippen LogP contribution in [0.1, 0.15) is 0 Å². The Balaban J connectivity index is 3.20. The Bertz CT molecular complexity index is 300. The van der Waals surface area contributed by atoms with E-state index >= 15 is 0 Å². The molecule has 1 aromatic rings. The second-order valence-electron chi connectivity index (χ2n) is 1.89. The molecule has 0 fully saturated rings. The van der Waals surface area contributed by atoms with Gasteiger partial charge in [0.1, 0.15) is 10.8 Å². The number of nitro groups is 1. The van der Waals surface area contributed by atoms with Crippen LogP contribution in [-0.4, -0.2) is 10.0 Å². The summed E-state index contributed by atoms with van der Waals surface area (Å²) >= 11 is 5.42. The summed E-state index contributed by atoms with van der Waals surface area (Å²) in [5, 5.41) is 18.9. The molecule has 0 atom stereocenters. The molecule has 0 unspecified atom stereocenters. The van der Waals surface area contributed by atoms with Crippen molar-refractivity contribution in [3.05, 3.63) is 33.3 Å². The number of hydrogen-bond donors (Lipinski definition) is 1. The van der Waals surface area contributed by atoms with Crippen molar-refractivity contribution >= 4 is 17.3 Å². The average molecular weight is 174 g/mol. The van der Waals surface area contributed by atoms with Crippen LogP contribution in [0.3, 0.4) is 0 Å². The zero-order chi connectivity index (χ0) is 8.43. The lowest BCUT2D eigenvalue weighted by Gasteiger charge is -1.94. The van der Waals surface area contributed by atoms with Crippen molar-refractivity contribution in [1.29, 1.82) is 0 Å². The number of nitrogens with zero attached hydrogens (tertiary/aromatic N) is 1. The van der Waals surface area contributed by atoms with Crippen molar-refractivity contribution in [2.75, 3.05) is 0 Å². The molecule has 0 bridgehead atoms. The first-order chi connectivity index (χ1) is 5.11. The Morgan fingerprint density at radius 3 is 2.64 bits per heavy atom. The molecule has 0 saturated carbocycles. The van der Waals surface area contributed by atoms with Crippen LogP contribution < -0.4 is 0 Å². The third-order valence-corrected chi connectivity index (χ3v) is 1.43. The molecule has 11 heavy (non-hydrogen) atoms. The van der Waals surface area contributed by atoms with Crippen LogP contribution in [0.4, 0.5) is 5.69 Å². The molecule has 0 aliphatic carbocycles. The SMILES string of the molecule is O=[N+]([O-])c1ccc(O)cc1Cl. The molecule has 0 saturated heterocycles. The fourth-order valence-electron chi connectivity index (χ4n) is 0.644. The summed E-state index contributed by atoms with van der Waals surface area (Å²) < 4.78 is 0. The van der Waals surface area contributed by atoms with E-state index in [0.717, 1.165) is 12.1 Å². The molecular weight excluding hydrogens is 170 g/mol. The minimum Gasteiger partial charge on any atom is -0.508 e. The predicted molar refractivity (Wildman–Crippen MR) is 39.8 cm³/mol. The second-order valence-corrected chi connectivity index (χ2v) is 2.30. The molecule has 0 heterocycles. The summed E-state index contributed by atoms with van der Waals surface area (Å²) in [6.07, 6.45) is 0. The Labute approximate surface area is 67.2 Å². The summed E-state index contributed by atoms with van der Waals surface area (Å²) in [6.45, 7) is 0. The summed E-state index contributed by atoms with van der Waals surface area (Å²) in [6, 6.07) is 3.49. The van der Waals surface area contributed by atoms with E-state index in [0.29, 0.717) is 0 Å². The van der Waals surface area contributed by atoms with Crippen LogP contribution in [-0.2, 0) is 0 Å². The highest BCUT2D eigenvalue weighted by molar-refractivity contribution is 6.32. The van der Waals surface area contributed by atoms with Crippen LogP contribution in [0.15, 0.2) is 18.2 Å². The lowest BCUT2D eigenvalue weighted by Crippen LogP contribution is -1.87. The second kappa shape index (κ2) is 2.75. The summed E-state index contributed by atoms with van der Waals surface area (Å²) in [7, 11) is 0. The fraction of sp³-hybridized carbons (Fsp3) is 0. The van der Waals surface area contributed by atoms with Crippen molar-refractivity contribution < 1.29 is 10.0 Å². The number of rotatable bonds is 1. The zero-order valence-electron chi connectivity index (χ0n) is 5.32.